The van der Waals surface area contributed by atoms with E-state index in [0.29, 0.717) is 0 Å². The molecule has 0 amide bonds. The zero-order valence-corrected chi connectivity index (χ0v) is 20.3. The molecule has 3 aliphatic rings. The number of pyridine rings is 1. The van der Waals surface area contributed by atoms with E-state index in [4.69, 9.17) is 9.47 Å². The van der Waals surface area contributed by atoms with Crippen molar-refractivity contribution in [3.05, 3.63) is 139 Å². The molecule has 0 fully saturated rings. The summed E-state index contributed by atoms with van der Waals surface area (Å²) in [5, 5.41) is 0. The fourth-order valence-corrected chi connectivity index (χ4v) is 6.40. The molecule has 0 bridgehead atoms. The number of fused-ring (bicyclic) bond motifs is 3. The minimum atomic E-state index is -0.680. The summed E-state index contributed by atoms with van der Waals surface area (Å²) < 4.78 is 19.7. The van der Waals surface area contributed by atoms with Gasteiger partial charge in [0.2, 0.25) is 6.20 Å². The molecule has 178 valence electrons. The van der Waals surface area contributed by atoms with Gasteiger partial charge in [-0.05, 0) is 57.8 Å². The first-order valence-electron chi connectivity index (χ1n) is 12.8. The predicted molar refractivity (Wildman–Crippen MR) is 142 cm³/mol. The number of hydrogen-bond donors (Lipinski definition) is 0. The highest BCUT2D eigenvalue weighted by atomic mass is 16.5. The Morgan fingerprint density at radius 3 is 2.13 bits per heavy atom. The van der Waals surface area contributed by atoms with Crippen LogP contribution in [-0.4, -0.2) is 4.68 Å². The zero-order valence-electron chi connectivity index (χ0n) is 20.3. The molecule has 5 heterocycles. The fourth-order valence-electron chi connectivity index (χ4n) is 6.40. The molecule has 9 rings (SSSR count). The maximum absolute atomic E-state index is 6.49. The Balaban J connectivity index is 1.35. The van der Waals surface area contributed by atoms with Crippen LogP contribution in [0.15, 0.2) is 128 Å². The van der Waals surface area contributed by atoms with Gasteiger partial charge in [-0.1, -0.05) is 65.2 Å². The molecule has 1 unspecified atom stereocenters. The molecule has 2 aromatic heterocycles. The zero-order chi connectivity index (χ0) is 24.8. The highest BCUT2D eigenvalue weighted by molar-refractivity contribution is 5.73. The second-order valence-corrected chi connectivity index (χ2v) is 9.91. The Morgan fingerprint density at radius 1 is 0.579 bits per heavy atom. The molecule has 0 saturated heterocycles. The number of nitrogens with zero attached hydrogens (tertiary/aromatic N) is 3. The Labute approximate surface area is 219 Å². The molecule has 38 heavy (non-hydrogen) atoms. The Morgan fingerprint density at radius 2 is 1.26 bits per heavy atom. The van der Waals surface area contributed by atoms with Crippen LogP contribution in [-0.2, 0) is 5.66 Å². The van der Waals surface area contributed by atoms with E-state index >= 15 is 0 Å². The van der Waals surface area contributed by atoms with Crippen LogP contribution in [0.2, 0.25) is 0 Å². The van der Waals surface area contributed by atoms with E-state index in [9.17, 15) is 0 Å². The smallest absolute Gasteiger partial charge is 0.452 e. The van der Waals surface area contributed by atoms with E-state index in [2.05, 4.69) is 111 Å². The molecule has 5 nitrogen and oxygen atoms in total. The van der Waals surface area contributed by atoms with E-state index in [0.717, 1.165) is 45.5 Å². The molecular formula is C33H21N3O2+2. The molecule has 6 aromatic rings. The third kappa shape index (κ3) is 2.36. The molecule has 0 saturated carbocycles. The monoisotopic (exact) mass is 491 g/mol. The van der Waals surface area contributed by atoms with Crippen molar-refractivity contribution >= 4 is 0 Å². The van der Waals surface area contributed by atoms with Gasteiger partial charge in [-0.15, -0.1) is 4.68 Å². The Kier molecular flexibility index (Phi) is 3.67. The Hall–Kier alpha value is -5.16. The van der Waals surface area contributed by atoms with Crippen LogP contribution in [0.1, 0.15) is 11.1 Å². The topological polar surface area (TPSA) is 31.1 Å². The van der Waals surface area contributed by atoms with Crippen LogP contribution >= 0.6 is 0 Å². The first-order valence-corrected chi connectivity index (χ1v) is 12.8. The standard InChI is InChI=1S/C33H21N3O2/c1-2-9-22(10-3-1)23-11-6-12-24(19-23)25-20-35-26-13-7-14-27-31(26)33(36(35)21-25)32-28(37-27)15-8-16-29(32)38-30-17-4-5-18-34(30)33/h1-21H/q+2. The van der Waals surface area contributed by atoms with Gasteiger partial charge in [0.1, 0.15) is 17.2 Å². The van der Waals surface area contributed by atoms with Gasteiger partial charge >= 0.3 is 11.5 Å². The van der Waals surface area contributed by atoms with Crippen molar-refractivity contribution in [2.24, 2.45) is 0 Å². The molecule has 0 radical (unpaired) electrons. The van der Waals surface area contributed by atoms with Crippen molar-refractivity contribution in [2.45, 2.75) is 5.66 Å². The van der Waals surface area contributed by atoms with Crippen LogP contribution in [0.4, 0.5) is 0 Å². The summed E-state index contributed by atoms with van der Waals surface area (Å²) in [6.45, 7) is 0. The van der Waals surface area contributed by atoms with Gasteiger partial charge in [-0.3, -0.25) is 0 Å². The van der Waals surface area contributed by atoms with Crippen molar-refractivity contribution in [1.29, 1.82) is 0 Å². The van der Waals surface area contributed by atoms with E-state index in [1.165, 1.54) is 16.7 Å². The third-order valence-corrected chi connectivity index (χ3v) is 7.93. The number of rotatable bonds is 2. The lowest BCUT2D eigenvalue weighted by atomic mass is 9.85. The maximum atomic E-state index is 6.49. The largest absolute Gasteiger partial charge is 0.455 e. The summed E-state index contributed by atoms with van der Waals surface area (Å²) in [5.41, 5.74) is 7.26. The maximum Gasteiger partial charge on any atom is 0.452 e. The first-order chi connectivity index (χ1) is 18.8. The summed E-state index contributed by atoms with van der Waals surface area (Å²) in [4.78, 5) is 0. The summed E-state index contributed by atoms with van der Waals surface area (Å²) in [6, 6.07) is 37.7. The molecule has 4 aromatic carbocycles. The highest BCUT2D eigenvalue weighted by Crippen LogP contribution is 2.55. The van der Waals surface area contributed by atoms with Gasteiger partial charge in [-0.2, -0.15) is 0 Å². The van der Waals surface area contributed by atoms with Gasteiger partial charge in [0.05, 0.1) is 17.8 Å². The third-order valence-electron chi connectivity index (χ3n) is 7.93. The van der Waals surface area contributed by atoms with Gasteiger partial charge in [0.15, 0.2) is 23.1 Å². The van der Waals surface area contributed by atoms with Crippen LogP contribution in [0, 0.1) is 0 Å². The number of ether oxygens (including phenoxy) is 2. The molecule has 0 N–H and O–H groups in total. The molecule has 0 aliphatic carbocycles. The fraction of sp³-hybridized carbons (Fsp3) is 0.0303. The predicted octanol–water partition coefficient (Wildman–Crippen LogP) is 6.21. The van der Waals surface area contributed by atoms with Gasteiger partial charge < -0.3 is 9.47 Å². The summed E-state index contributed by atoms with van der Waals surface area (Å²) in [5.74, 6) is 3.27. The van der Waals surface area contributed by atoms with Crippen molar-refractivity contribution in [3.63, 3.8) is 0 Å². The average Bonchev–Trinajstić information content (AvgIpc) is 3.53. The summed E-state index contributed by atoms with van der Waals surface area (Å²) >= 11 is 0. The van der Waals surface area contributed by atoms with E-state index < -0.39 is 5.66 Å². The Bertz CT molecular complexity index is 1930. The quantitative estimate of drug-likeness (QED) is 0.269. The van der Waals surface area contributed by atoms with Gasteiger partial charge in [0, 0.05) is 6.07 Å². The van der Waals surface area contributed by atoms with E-state index in [1.807, 2.05) is 30.3 Å². The summed E-state index contributed by atoms with van der Waals surface area (Å²) in [7, 11) is 0. The van der Waals surface area contributed by atoms with Gasteiger partial charge in [-0.25, -0.2) is 0 Å². The molecule has 5 heteroatoms. The molecule has 3 aliphatic heterocycles. The van der Waals surface area contributed by atoms with Crippen LogP contribution in [0.5, 0.6) is 23.1 Å². The van der Waals surface area contributed by atoms with Crippen molar-refractivity contribution < 1.29 is 18.7 Å². The molecule has 1 atom stereocenters. The lowest BCUT2D eigenvalue weighted by molar-refractivity contribution is -0.997. The molecule has 1 spiro atoms. The minimum Gasteiger partial charge on any atom is -0.455 e. The van der Waals surface area contributed by atoms with E-state index in [1.54, 1.807) is 0 Å². The summed E-state index contributed by atoms with van der Waals surface area (Å²) in [6.07, 6.45) is 6.59. The van der Waals surface area contributed by atoms with Crippen molar-refractivity contribution in [1.82, 2.24) is 4.68 Å². The van der Waals surface area contributed by atoms with Crippen LogP contribution in [0.25, 0.3) is 27.9 Å². The number of benzene rings is 4. The van der Waals surface area contributed by atoms with Crippen LogP contribution < -0.4 is 18.7 Å². The van der Waals surface area contributed by atoms with Crippen molar-refractivity contribution in [3.8, 4) is 51.1 Å². The SMILES string of the molecule is c1ccc(-c2cccc(-c3cn4[n+](c3)C35c6c(cccc6Oc6cccc[n+]63)Oc3cccc-4c35)c2)cc1. The number of hydrogen-bond acceptors (Lipinski definition) is 2. The lowest BCUT2D eigenvalue weighted by Gasteiger charge is -2.31. The normalized spacial score (nSPS) is 16.9. The van der Waals surface area contributed by atoms with E-state index in [-0.39, 0.29) is 0 Å². The second kappa shape index (κ2) is 6.99. The van der Waals surface area contributed by atoms with Gasteiger partial charge in [0.25, 0.3) is 0 Å². The van der Waals surface area contributed by atoms with Crippen molar-refractivity contribution in [2.75, 3.05) is 0 Å². The second-order valence-electron chi connectivity index (χ2n) is 9.91. The minimum absolute atomic E-state index is 0.680. The van der Waals surface area contributed by atoms with Crippen LogP contribution in [0.3, 0.4) is 0 Å². The number of aromatic nitrogens is 3. The molecular weight excluding hydrogens is 470 g/mol. The highest BCUT2D eigenvalue weighted by Gasteiger charge is 2.71. The lowest BCUT2D eigenvalue weighted by Crippen LogP contribution is -2.75. The average molecular weight is 492 g/mol. The first kappa shape index (κ1) is 20.0.